The maximum Gasteiger partial charge on any atom is 0.303 e. The van der Waals surface area contributed by atoms with Gasteiger partial charge in [-0.25, -0.2) is 4.98 Å². The molecule has 1 aromatic heterocycles. The summed E-state index contributed by atoms with van der Waals surface area (Å²) < 4.78 is 26.5. The van der Waals surface area contributed by atoms with Crippen molar-refractivity contribution in [3.05, 3.63) is 24.3 Å². The molecule has 16 heteroatoms. The van der Waals surface area contributed by atoms with Gasteiger partial charge in [0.05, 0.1) is 10.2 Å². The Bertz CT molecular complexity index is 1290. The standard InChI is InChI=1S/C25H29N3O12S/c1-12(29)28(27-25-26-18-9-7-8-10-20(18)41-25)24(35)23(40-17(6)34)22(39-16(5)33)21(38-15(4)32)19(37-14(3)31)11-36-13(2)30/h7-10,19,21-23H,11H2,1-6H3,(H,26,27)/t19-,21+,22+,23-/m1/s1. The second-order valence-corrected chi connectivity index (χ2v) is 9.45. The number of hydrogen-bond donors (Lipinski definition) is 1. The Balaban J connectivity index is 2.61. The highest BCUT2D eigenvalue weighted by atomic mass is 32.1. The third kappa shape index (κ3) is 9.82. The summed E-state index contributed by atoms with van der Waals surface area (Å²) in [5.74, 6) is -6.92. The van der Waals surface area contributed by atoms with Crippen LogP contribution in [-0.4, -0.2) is 82.7 Å². The van der Waals surface area contributed by atoms with Crippen LogP contribution in [0.5, 0.6) is 0 Å². The molecule has 1 aromatic carbocycles. The lowest BCUT2D eigenvalue weighted by Gasteiger charge is -2.35. The summed E-state index contributed by atoms with van der Waals surface area (Å²) in [5, 5.41) is 0.587. The number of nitrogens with zero attached hydrogens (tertiary/aromatic N) is 2. The molecule has 2 amide bonds. The molecule has 0 aliphatic rings. The van der Waals surface area contributed by atoms with Crippen LogP contribution < -0.4 is 5.43 Å². The molecule has 0 unspecified atom stereocenters. The van der Waals surface area contributed by atoms with E-state index in [1.807, 2.05) is 0 Å². The molecule has 1 heterocycles. The summed E-state index contributed by atoms with van der Waals surface area (Å²) in [6.07, 6.45) is -7.63. The van der Waals surface area contributed by atoms with Gasteiger partial charge in [-0.3, -0.25) is 39.0 Å². The van der Waals surface area contributed by atoms with E-state index in [9.17, 15) is 33.6 Å². The number of thiazole rings is 1. The Morgan fingerprint density at radius 1 is 0.780 bits per heavy atom. The van der Waals surface area contributed by atoms with Crippen molar-refractivity contribution in [2.24, 2.45) is 0 Å². The van der Waals surface area contributed by atoms with Gasteiger partial charge in [-0.05, 0) is 12.1 Å². The molecule has 15 nitrogen and oxygen atoms in total. The molecule has 222 valence electrons. The Labute approximate surface area is 238 Å². The second-order valence-electron chi connectivity index (χ2n) is 8.42. The monoisotopic (exact) mass is 595 g/mol. The van der Waals surface area contributed by atoms with Crippen LogP contribution in [0, 0.1) is 0 Å². The fourth-order valence-electron chi connectivity index (χ4n) is 3.52. The van der Waals surface area contributed by atoms with E-state index in [1.165, 1.54) is 0 Å². The molecule has 2 aromatic rings. The first-order valence-electron chi connectivity index (χ1n) is 12.0. The Kier molecular flexibility index (Phi) is 11.7. The lowest BCUT2D eigenvalue weighted by molar-refractivity contribution is -0.205. The largest absolute Gasteiger partial charge is 0.462 e. The lowest BCUT2D eigenvalue weighted by atomic mass is 10.0. The van der Waals surface area contributed by atoms with E-state index in [1.54, 1.807) is 24.3 Å². The Hall–Kier alpha value is -4.60. The summed E-state index contributed by atoms with van der Waals surface area (Å²) in [6, 6.07) is 6.98. The van der Waals surface area contributed by atoms with E-state index in [0.29, 0.717) is 10.5 Å². The highest BCUT2D eigenvalue weighted by Gasteiger charge is 2.48. The normalized spacial score (nSPS) is 13.5. The summed E-state index contributed by atoms with van der Waals surface area (Å²) in [4.78, 5) is 90.4. The van der Waals surface area contributed by atoms with E-state index in [2.05, 4.69) is 10.4 Å². The molecule has 2 rings (SSSR count). The molecule has 0 spiro atoms. The van der Waals surface area contributed by atoms with Gasteiger partial charge >= 0.3 is 29.8 Å². The molecule has 4 atom stereocenters. The van der Waals surface area contributed by atoms with Gasteiger partial charge in [-0.2, -0.15) is 5.01 Å². The van der Waals surface area contributed by atoms with Crippen molar-refractivity contribution < 1.29 is 57.2 Å². The van der Waals surface area contributed by atoms with Crippen molar-refractivity contribution in [3.8, 4) is 0 Å². The van der Waals surface area contributed by atoms with Crippen molar-refractivity contribution in [2.75, 3.05) is 12.0 Å². The fourth-order valence-corrected chi connectivity index (χ4v) is 4.37. The van der Waals surface area contributed by atoms with Crippen LogP contribution >= 0.6 is 11.3 Å². The smallest absolute Gasteiger partial charge is 0.303 e. The number of ether oxygens (including phenoxy) is 5. The summed E-state index contributed by atoms with van der Waals surface area (Å²) >= 11 is 1.10. The van der Waals surface area contributed by atoms with Crippen LogP contribution in [0.3, 0.4) is 0 Å². The maximum absolute atomic E-state index is 13.8. The first-order chi connectivity index (χ1) is 19.2. The summed E-state index contributed by atoms with van der Waals surface area (Å²) in [7, 11) is 0. The van der Waals surface area contributed by atoms with Crippen LogP contribution in [0.4, 0.5) is 5.13 Å². The predicted octanol–water partition coefficient (Wildman–Crippen LogP) is 1.29. The van der Waals surface area contributed by atoms with Gasteiger partial charge in [0.15, 0.2) is 18.3 Å². The number of amides is 2. The van der Waals surface area contributed by atoms with Crippen LogP contribution in [0.15, 0.2) is 24.3 Å². The topological polar surface area (TPSA) is 194 Å². The number of carbonyl (C=O) groups excluding carboxylic acids is 7. The maximum atomic E-state index is 13.8. The van der Waals surface area contributed by atoms with Gasteiger partial charge in [0.25, 0.3) is 5.91 Å². The highest BCUT2D eigenvalue weighted by molar-refractivity contribution is 7.22. The molecule has 41 heavy (non-hydrogen) atoms. The molecule has 0 radical (unpaired) electrons. The number of imide groups is 1. The van der Waals surface area contributed by atoms with Gasteiger partial charge in [-0.15, -0.1) is 0 Å². The minimum Gasteiger partial charge on any atom is -0.462 e. The predicted molar refractivity (Wildman–Crippen MR) is 140 cm³/mol. The average Bonchev–Trinajstić information content (AvgIpc) is 3.27. The van der Waals surface area contributed by atoms with E-state index < -0.39 is 72.7 Å². The number of aromatic nitrogens is 1. The number of anilines is 1. The zero-order valence-corrected chi connectivity index (χ0v) is 23.8. The summed E-state index contributed by atoms with van der Waals surface area (Å²) in [5.41, 5.74) is 3.12. The first kappa shape index (κ1) is 32.6. The molecule has 1 N–H and O–H groups in total. The van der Waals surface area contributed by atoms with Crippen molar-refractivity contribution in [3.63, 3.8) is 0 Å². The van der Waals surface area contributed by atoms with Crippen LogP contribution in [-0.2, 0) is 57.2 Å². The molecule has 0 bridgehead atoms. The number of nitrogens with one attached hydrogen (secondary N) is 1. The van der Waals surface area contributed by atoms with Gasteiger partial charge in [0.2, 0.25) is 17.1 Å². The zero-order valence-electron chi connectivity index (χ0n) is 23.0. The van der Waals surface area contributed by atoms with E-state index in [-0.39, 0.29) is 5.13 Å². The lowest BCUT2D eigenvalue weighted by Crippen LogP contribution is -2.59. The van der Waals surface area contributed by atoms with Gasteiger partial charge < -0.3 is 23.7 Å². The van der Waals surface area contributed by atoms with E-state index in [4.69, 9.17) is 23.7 Å². The number of hydrogen-bond acceptors (Lipinski definition) is 15. The zero-order chi connectivity index (χ0) is 30.9. The molecule has 0 aliphatic heterocycles. The van der Waals surface area contributed by atoms with Crippen molar-refractivity contribution in [1.82, 2.24) is 9.99 Å². The molecule has 0 saturated carbocycles. The number of esters is 5. The number of carbonyl (C=O) groups is 7. The Morgan fingerprint density at radius 2 is 1.34 bits per heavy atom. The van der Waals surface area contributed by atoms with Crippen molar-refractivity contribution in [2.45, 2.75) is 66.0 Å². The van der Waals surface area contributed by atoms with Crippen LogP contribution in [0.2, 0.25) is 0 Å². The van der Waals surface area contributed by atoms with E-state index in [0.717, 1.165) is 57.6 Å². The molecular formula is C25H29N3O12S. The number of rotatable bonds is 12. The molecule has 0 fully saturated rings. The SMILES string of the molecule is CC(=O)OC[C@@H](OC(C)=O)[C@H](OC(C)=O)[C@H](OC(C)=O)[C@@H](OC(C)=O)C(=O)N(Nc1nc2ccccc2s1)C(C)=O. The second kappa shape index (κ2) is 14.7. The third-order valence-electron chi connectivity index (χ3n) is 4.93. The summed E-state index contributed by atoms with van der Waals surface area (Å²) in [6.45, 7) is 5.23. The minimum atomic E-state index is -2.14. The number of para-hydroxylation sites is 1. The quantitative estimate of drug-likeness (QED) is 0.209. The van der Waals surface area contributed by atoms with Crippen molar-refractivity contribution in [1.29, 1.82) is 0 Å². The molecule has 0 saturated heterocycles. The number of hydrazine groups is 1. The number of benzene rings is 1. The number of fused-ring (bicyclic) bond motifs is 1. The third-order valence-corrected chi connectivity index (χ3v) is 5.87. The highest BCUT2D eigenvalue weighted by Crippen LogP contribution is 2.27. The van der Waals surface area contributed by atoms with Crippen molar-refractivity contribution >= 4 is 68.3 Å². The first-order valence-corrected chi connectivity index (χ1v) is 12.8. The molecular weight excluding hydrogens is 566 g/mol. The van der Waals surface area contributed by atoms with Gasteiger partial charge in [0, 0.05) is 41.5 Å². The van der Waals surface area contributed by atoms with Crippen LogP contribution in [0.25, 0.3) is 10.2 Å². The Morgan fingerprint density at radius 3 is 1.85 bits per heavy atom. The van der Waals surface area contributed by atoms with Gasteiger partial charge in [0.1, 0.15) is 6.61 Å². The fraction of sp³-hybridized carbons (Fsp3) is 0.440. The average molecular weight is 596 g/mol. The molecule has 0 aliphatic carbocycles. The van der Waals surface area contributed by atoms with Gasteiger partial charge in [-0.1, -0.05) is 23.5 Å². The van der Waals surface area contributed by atoms with E-state index >= 15 is 0 Å². The minimum absolute atomic E-state index is 0.115. The van der Waals surface area contributed by atoms with Crippen LogP contribution in [0.1, 0.15) is 41.5 Å².